The average molecular weight is 223 g/mol. The number of H-pyrrole nitrogens is 1. The van der Waals surface area contributed by atoms with E-state index in [0.717, 1.165) is 19.5 Å². The summed E-state index contributed by atoms with van der Waals surface area (Å²) in [6.45, 7) is 11.1. The summed E-state index contributed by atoms with van der Waals surface area (Å²) in [5.74, 6) is 0. The summed E-state index contributed by atoms with van der Waals surface area (Å²) in [7, 11) is 0. The monoisotopic (exact) mass is 223 g/mol. The van der Waals surface area contributed by atoms with E-state index in [-0.39, 0.29) is 0 Å². The van der Waals surface area contributed by atoms with Gasteiger partial charge in [-0.1, -0.05) is 20.8 Å². The Balaban J connectivity index is 2.03. The molecule has 0 amide bonds. The number of aromatic amines is 1. The summed E-state index contributed by atoms with van der Waals surface area (Å²) in [6, 6.07) is 0. The Kier molecular flexibility index (Phi) is 5.00. The van der Waals surface area contributed by atoms with E-state index in [2.05, 4.69) is 43.2 Å². The second-order valence-corrected chi connectivity index (χ2v) is 5.68. The van der Waals surface area contributed by atoms with Crippen LogP contribution in [0.5, 0.6) is 0 Å². The first-order valence-electron chi connectivity index (χ1n) is 6.18. The lowest BCUT2D eigenvalue weighted by atomic mass is 9.92. The SMILES string of the molecule is Cc1[nH]ncc1CCCNCCC(C)(C)C. The van der Waals surface area contributed by atoms with Crippen molar-refractivity contribution in [2.45, 2.75) is 47.0 Å². The van der Waals surface area contributed by atoms with Gasteiger partial charge in [0.1, 0.15) is 0 Å². The van der Waals surface area contributed by atoms with Gasteiger partial charge in [-0.2, -0.15) is 5.10 Å². The quantitative estimate of drug-likeness (QED) is 0.728. The number of aryl methyl sites for hydroxylation is 2. The van der Waals surface area contributed by atoms with Crippen LogP contribution in [0.2, 0.25) is 0 Å². The maximum absolute atomic E-state index is 4.02. The van der Waals surface area contributed by atoms with Crippen LogP contribution in [0, 0.1) is 12.3 Å². The molecule has 0 spiro atoms. The van der Waals surface area contributed by atoms with Crippen LogP contribution in [-0.4, -0.2) is 23.3 Å². The van der Waals surface area contributed by atoms with Gasteiger partial charge in [0.2, 0.25) is 0 Å². The third kappa shape index (κ3) is 5.31. The van der Waals surface area contributed by atoms with E-state index >= 15 is 0 Å². The van der Waals surface area contributed by atoms with Gasteiger partial charge < -0.3 is 5.32 Å². The molecule has 0 saturated heterocycles. The van der Waals surface area contributed by atoms with Gasteiger partial charge in [0.25, 0.3) is 0 Å². The van der Waals surface area contributed by atoms with Crippen molar-refractivity contribution in [3.8, 4) is 0 Å². The van der Waals surface area contributed by atoms with Crippen molar-refractivity contribution in [2.75, 3.05) is 13.1 Å². The molecule has 0 aliphatic heterocycles. The second kappa shape index (κ2) is 6.04. The average Bonchev–Trinajstić information content (AvgIpc) is 2.56. The summed E-state index contributed by atoms with van der Waals surface area (Å²) in [6.07, 6.45) is 5.47. The smallest absolute Gasteiger partial charge is 0.0522 e. The van der Waals surface area contributed by atoms with Crippen molar-refractivity contribution >= 4 is 0 Å². The van der Waals surface area contributed by atoms with Gasteiger partial charge in [0.05, 0.1) is 6.20 Å². The van der Waals surface area contributed by atoms with E-state index in [9.17, 15) is 0 Å². The Morgan fingerprint density at radius 2 is 2.06 bits per heavy atom. The molecule has 16 heavy (non-hydrogen) atoms. The van der Waals surface area contributed by atoms with Crippen LogP contribution in [0.1, 0.15) is 44.9 Å². The number of aromatic nitrogens is 2. The Morgan fingerprint density at radius 3 is 2.62 bits per heavy atom. The highest BCUT2D eigenvalue weighted by atomic mass is 15.1. The molecule has 1 aromatic rings. The molecule has 0 aromatic carbocycles. The molecule has 0 aliphatic rings. The molecule has 0 aliphatic carbocycles. The lowest BCUT2D eigenvalue weighted by molar-refractivity contribution is 0.367. The molecule has 92 valence electrons. The standard InChI is InChI=1S/C13H25N3/c1-11-12(10-15-16-11)6-5-8-14-9-7-13(2,3)4/h10,14H,5-9H2,1-4H3,(H,15,16). The molecule has 1 rings (SSSR count). The predicted octanol–water partition coefficient (Wildman–Crippen LogP) is 2.68. The topological polar surface area (TPSA) is 40.7 Å². The lowest BCUT2D eigenvalue weighted by Gasteiger charge is -2.17. The van der Waals surface area contributed by atoms with Gasteiger partial charge >= 0.3 is 0 Å². The maximum atomic E-state index is 4.02. The minimum Gasteiger partial charge on any atom is -0.317 e. The second-order valence-electron chi connectivity index (χ2n) is 5.68. The third-order valence-electron chi connectivity index (χ3n) is 2.79. The molecule has 0 saturated carbocycles. The predicted molar refractivity (Wildman–Crippen MR) is 68.6 cm³/mol. The van der Waals surface area contributed by atoms with Crippen molar-refractivity contribution in [2.24, 2.45) is 5.41 Å². The zero-order valence-electron chi connectivity index (χ0n) is 11.1. The summed E-state index contributed by atoms with van der Waals surface area (Å²) >= 11 is 0. The van der Waals surface area contributed by atoms with Crippen molar-refractivity contribution in [1.29, 1.82) is 0 Å². The van der Waals surface area contributed by atoms with E-state index in [0.29, 0.717) is 5.41 Å². The zero-order valence-corrected chi connectivity index (χ0v) is 11.1. The van der Waals surface area contributed by atoms with E-state index in [1.165, 1.54) is 24.1 Å². The third-order valence-corrected chi connectivity index (χ3v) is 2.79. The van der Waals surface area contributed by atoms with Crippen molar-refractivity contribution in [1.82, 2.24) is 15.5 Å². The molecular formula is C13H25N3. The molecule has 0 unspecified atom stereocenters. The van der Waals surface area contributed by atoms with Gasteiger partial charge in [-0.3, -0.25) is 5.10 Å². The molecule has 0 radical (unpaired) electrons. The molecule has 3 heteroatoms. The number of hydrogen-bond donors (Lipinski definition) is 2. The van der Waals surface area contributed by atoms with Crippen LogP contribution < -0.4 is 5.32 Å². The van der Waals surface area contributed by atoms with Crippen molar-refractivity contribution in [3.63, 3.8) is 0 Å². The van der Waals surface area contributed by atoms with Gasteiger partial charge in [0, 0.05) is 5.69 Å². The molecule has 3 nitrogen and oxygen atoms in total. The van der Waals surface area contributed by atoms with Crippen molar-refractivity contribution < 1.29 is 0 Å². The highest BCUT2D eigenvalue weighted by Gasteiger charge is 2.08. The first-order chi connectivity index (χ1) is 7.49. The Bertz CT molecular complexity index is 296. The summed E-state index contributed by atoms with van der Waals surface area (Å²) < 4.78 is 0. The van der Waals surface area contributed by atoms with Crippen LogP contribution >= 0.6 is 0 Å². The molecular weight excluding hydrogens is 198 g/mol. The number of rotatable bonds is 6. The van der Waals surface area contributed by atoms with E-state index < -0.39 is 0 Å². The highest BCUT2D eigenvalue weighted by Crippen LogP contribution is 2.16. The maximum Gasteiger partial charge on any atom is 0.0522 e. The van der Waals surface area contributed by atoms with E-state index in [1.807, 2.05) is 6.20 Å². The van der Waals surface area contributed by atoms with Gasteiger partial charge in [-0.25, -0.2) is 0 Å². The first kappa shape index (κ1) is 13.2. The fraction of sp³-hybridized carbons (Fsp3) is 0.769. The number of nitrogens with one attached hydrogen (secondary N) is 2. The molecule has 2 N–H and O–H groups in total. The summed E-state index contributed by atoms with van der Waals surface area (Å²) in [5, 5.41) is 10.5. The van der Waals surface area contributed by atoms with Crippen LogP contribution in [0.4, 0.5) is 0 Å². The Hall–Kier alpha value is -0.830. The lowest BCUT2D eigenvalue weighted by Crippen LogP contribution is -2.21. The van der Waals surface area contributed by atoms with Crippen LogP contribution in [0.25, 0.3) is 0 Å². The number of nitrogens with zero attached hydrogens (tertiary/aromatic N) is 1. The summed E-state index contributed by atoms with van der Waals surface area (Å²) in [5.41, 5.74) is 2.99. The van der Waals surface area contributed by atoms with E-state index in [4.69, 9.17) is 0 Å². The van der Waals surface area contributed by atoms with Gasteiger partial charge in [-0.05, 0) is 50.3 Å². The van der Waals surface area contributed by atoms with Crippen LogP contribution in [-0.2, 0) is 6.42 Å². The highest BCUT2D eigenvalue weighted by molar-refractivity contribution is 5.14. The normalized spacial score (nSPS) is 12.0. The fourth-order valence-electron chi connectivity index (χ4n) is 1.62. The minimum atomic E-state index is 0.439. The minimum absolute atomic E-state index is 0.439. The van der Waals surface area contributed by atoms with E-state index in [1.54, 1.807) is 0 Å². The first-order valence-corrected chi connectivity index (χ1v) is 6.18. The fourth-order valence-corrected chi connectivity index (χ4v) is 1.62. The number of hydrogen-bond acceptors (Lipinski definition) is 2. The van der Waals surface area contributed by atoms with Crippen LogP contribution in [0.3, 0.4) is 0 Å². The van der Waals surface area contributed by atoms with Gasteiger partial charge in [0.15, 0.2) is 0 Å². The van der Waals surface area contributed by atoms with Gasteiger partial charge in [-0.15, -0.1) is 0 Å². The largest absolute Gasteiger partial charge is 0.317 e. The Morgan fingerprint density at radius 1 is 1.31 bits per heavy atom. The van der Waals surface area contributed by atoms with Crippen LogP contribution in [0.15, 0.2) is 6.20 Å². The molecule has 0 bridgehead atoms. The Labute approximate surface area is 99.0 Å². The molecule has 0 fully saturated rings. The molecule has 1 aromatic heterocycles. The molecule has 0 atom stereocenters. The summed E-state index contributed by atoms with van der Waals surface area (Å²) in [4.78, 5) is 0. The zero-order chi connectivity index (χ0) is 12.0. The van der Waals surface area contributed by atoms with Crippen molar-refractivity contribution in [3.05, 3.63) is 17.5 Å². The molecule has 1 heterocycles.